The molecule has 0 radical (unpaired) electrons. The molecule has 0 bridgehead atoms. The van der Waals surface area contributed by atoms with Crippen LogP contribution < -0.4 is 5.32 Å². The first-order chi connectivity index (χ1) is 8.72. The summed E-state index contributed by atoms with van der Waals surface area (Å²) in [5.74, 6) is 0.167. The van der Waals surface area contributed by atoms with Crippen molar-refractivity contribution in [3.05, 3.63) is 34.9 Å². The maximum Gasteiger partial charge on any atom is 0.220 e. The summed E-state index contributed by atoms with van der Waals surface area (Å²) in [6.07, 6.45) is 5.88. The van der Waals surface area contributed by atoms with Gasteiger partial charge in [0, 0.05) is 18.0 Å². The SMILES string of the molecule is CCCCCNC(=O)CCCc1ccc(Cl)cc1. The van der Waals surface area contributed by atoms with Crippen LogP contribution in [0.15, 0.2) is 24.3 Å². The van der Waals surface area contributed by atoms with Crippen molar-refractivity contribution in [2.24, 2.45) is 0 Å². The molecule has 1 amide bonds. The van der Waals surface area contributed by atoms with E-state index in [9.17, 15) is 4.79 Å². The van der Waals surface area contributed by atoms with Crippen LogP contribution in [0.1, 0.15) is 44.6 Å². The van der Waals surface area contributed by atoms with E-state index in [1.54, 1.807) is 0 Å². The van der Waals surface area contributed by atoms with Crippen LogP contribution in [0.4, 0.5) is 0 Å². The van der Waals surface area contributed by atoms with Crippen molar-refractivity contribution in [3.8, 4) is 0 Å². The van der Waals surface area contributed by atoms with E-state index in [2.05, 4.69) is 12.2 Å². The molecule has 18 heavy (non-hydrogen) atoms. The lowest BCUT2D eigenvalue weighted by Crippen LogP contribution is -2.24. The first-order valence-corrected chi connectivity index (χ1v) is 7.11. The maximum absolute atomic E-state index is 11.5. The molecule has 100 valence electrons. The monoisotopic (exact) mass is 267 g/mol. The predicted octanol–water partition coefficient (Wildman–Crippen LogP) is 3.97. The van der Waals surface area contributed by atoms with Crippen LogP contribution in [-0.2, 0) is 11.2 Å². The van der Waals surface area contributed by atoms with Crippen LogP contribution in [0.2, 0.25) is 5.02 Å². The number of halogens is 1. The predicted molar refractivity (Wildman–Crippen MR) is 76.9 cm³/mol. The van der Waals surface area contributed by atoms with E-state index in [1.165, 1.54) is 18.4 Å². The Labute approximate surface area is 115 Å². The molecule has 1 rings (SSSR count). The lowest BCUT2D eigenvalue weighted by atomic mass is 10.1. The van der Waals surface area contributed by atoms with Crippen molar-refractivity contribution >= 4 is 17.5 Å². The molecule has 1 aromatic rings. The van der Waals surface area contributed by atoms with Crippen LogP contribution >= 0.6 is 11.6 Å². The number of unbranched alkanes of at least 4 members (excludes halogenated alkanes) is 2. The molecule has 0 atom stereocenters. The van der Waals surface area contributed by atoms with Gasteiger partial charge in [-0.1, -0.05) is 43.5 Å². The van der Waals surface area contributed by atoms with Crippen LogP contribution in [0.3, 0.4) is 0 Å². The Morgan fingerprint density at radius 2 is 1.89 bits per heavy atom. The smallest absolute Gasteiger partial charge is 0.220 e. The van der Waals surface area contributed by atoms with Crippen LogP contribution in [0, 0.1) is 0 Å². The fraction of sp³-hybridized carbons (Fsp3) is 0.533. The third kappa shape index (κ3) is 6.65. The average molecular weight is 268 g/mol. The number of amides is 1. The first kappa shape index (κ1) is 15.0. The van der Waals surface area contributed by atoms with Crippen molar-refractivity contribution in [1.29, 1.82) is 0 Å². The van der Waals surface area contributed by atoms with E-state index in [0.717, 1.165) is 30.8 Å². The first-order valence-electron chi connectivity index (χ1n) is 6.73. The molecule has 0 aliphatic heterocycles. The molecule has 3 heteroatoms. The van der Waals surface area contributed by atoms with Gasteiger partial charge in [-0.25, -0.2) is 0 Å². The highest BCUT2D eigenvalue weighted by Crippen LogP contribution is 2.11. The Balaban J connectivity index is 2.10. The van der Waals surface area contributed by atoms with Crippen molar-refractivity contribution < 1.29 is 4.79 Å². The van der Waals surface area contributed by atoms with Gasteiger partial charge >= 0.3 is 0 Å². The summed E-state index contributed by atoms with van der Waals surface area (Å²) in [4.78, 5) is 11.5. The molecule has 0 saturated heterocycles. The van der Waals surface area contributed by atoms with Crippen LogP contribution in [-0.4, -0.2) is 12.5 Å². The zero-order chi connectivity index (χ0) is 13.2. The van der Waals surface area contributed by atoms with E-state index in [0.29, 0.717) is 6.42 Å². The van der Waals surface area contributed by atoms with Gasteiger partial charge in [0.05, 0.1) is 0 Å². The summed E-state index contributed by atoms with van der Waals surface area (Å²) in [7, 11) is 0. The van der Waals surface area contributed by atoms with Gasteiger partial charge in [-0.05, 0) is 37.0 Å². The number of carbonyl (C=O) groups is 1. The topological polar surface area (TPSA) is 29.1 Å². The summed E-state index contributed by atoms with van der Waals surface area (Å²) >= 11 is 5.81. The van der Waals surface area contributed by atoms with E-state index in [1.807, 2.05) is 24.3 Å². The van der Waals surface area contributed by atoms with Gasteiger partial charge in [-0.3, -0.25) is 4.79 Å². The normalized spacial score (nSPS) is 10.3. The molecular weight excluding hydrogens is 246 g/mol. The van der Waals surface area contributed by atoms with E-state index < -0.39 is 0 Å². The quantitative estimate of drug-likeness (QED) is 0.710. The van der Waals surface area contributed by atoms with Crippen LogP contribution in [0.5, 0.6) is 0 Å². The minimum absolute atomic E-state index is 0.167. The van der Waals surface area contributed by atoms with Crippen molar-refractivity contribution in [1.82, 2.24) is 5.32 Å². The molecule has 0 heterocycles. The number of carbonyl (C=O) groups excluding carboxylic acids is 1. The molecule has 0 aliphatic rings. The minimum Gasteiger partial charge on any atom is -0.356 e. The molecule has 1 N–H and O–H groups in total. The second-order valence-corrected chi connectivity index (χ2v) is 4.97. The Bertz CT molecular complexity index is 348. The number of benzene rings is 1. The van der Waals surface area contributed by atoms with Crippen LogP contribution in [0.25, 0.3) is 0 Å². The van der Waals surface area contributed by atoms with Gasteiger partial charge in [0.1, 0.15) is 0 Å². The summed E-state index contributed by atoms with van der Waals surface area (Å²) in [5.41, 5.74) is 1.23. The molecule has 0 aliphatic carbocycles. The number of rotatable bonds is 8. The van der Waals surface area contributed by atoms with E-state index >= 15 is 0 Å². The molecule has 2 nitrogen and oxygen atoms in total. The number of hydrogen-bond acceptors (Lipinski definition) is 1. The van der Waals surface area contributed by atoms with E-state index in [4.69, 9.17) is 11.6 Å². The molecule has 1 aromatic carbocycles. The van der Waals surface area contributed by atoms with Gasteiger partial charge in [0.15, 0.2) is 0 Å². The summed E-state index contributed by atoms with van der Waals surface area (Å²) in [5, 5.41) is 3.71. The fourth-order valence-corrected chi connectivity index (χ4v) is 1.92. The van der Waals surface area contributed by atoms with Crippen molar-refractivity contribution in [2.45, 2.75) is 45.4 Å². The van der Waals surface area contributed by atoms with Gasteiger partial charge in [-0.15, -0.1) is 0 Å². The largest absolute Gasteiger partial charge is 0.356 e. The summed E-state index contributed by atoms with van der Waals surface area (Å²) in [6, 6.07) is 7.81. The number of nitrogens with one attached hydrogen (secondary N) is 1. The van der Waals surface area contributed by atoms with Gasteiger partial charge in [0.2, 0.25) is 5.91 Å². The molecular formula is C15H22ClNO. The summed E-state index contributed by atoms with van der Waals surface area (Å²) in [6.45, 7) is 2.97. The fourth-order valence-electron chi connectivity index (χ4n) is 1.80. The second-order valence-electron chi connectivity index (χ2n) is 4.54. The zero-order valence-corrected chi connectivity index (χ0v) is 11.8. The third-order valence-electron chi connectivity index (χ3n) is 2.89. The minimum atomic E-state index is 0.167. The molecule has 0 spiro atoms. The van der Waals surface area contributed by atoms with Gasteiger partial charge in [0.25, 0.3) is 0 Å². The van der Waals surface area contributed by atoms with Crippen molar-refractivity contribution in [3.63, 3.8) is 0 Å². The van der Waals surface area contributed by atoms with Gasteiger partial charge < -0.3 is 5.32 Å². The Kier molecular flexibility index (Phi) is 7.51. The highest BCUT2D eigenvalue weighted by molar-refractivity contribution is 6.30. The van der Waals surface area contributed by atoms with Gasteiger partial charge in [-0.2, -0.15) is 0 Å². The third-order valence-corrected chi connectivity index (χ3v) is 3.14. The average Bonchev–Trinajstić information content (AvgIpc) is 2.37. The molecule has 0 unspecified atom stereocenters. The molecule has 0 saturated carbocycles. The number of aryl methyl sites for hydroxylation is 1. The second kappa shape index (κ2) is 8.98. The highest BCUT2D eigenvalue weighted by atomic mass is 35.5. The Hall–Kier alpha value is -1.02. The Morgan fingerprint density at radius 3 is 2.56 bits per heavy atom. The zero-order valence-electron chi connectivity index (χ0n) is 11.0. The Morgan fingerprint density at radius 1 is 1.17 bits per heavy atom. The highest BCUT2D eigenvalue weighted by Gasteiger charge is 2.01. The summed E-state index contributed by atoms with van der Waals surface area (Å²) < 4.78 is 0. The van der Waals surface area contributed by atoms with E-state index in [-0.39, 0.29) is 5.91 Å². The molecule has 0 fully saturated rings. The maximum atomic E-state index is 11.5. The molecule has 0 aromatic heterocycles. The standard InChI is InChI=1S/C15H22ClNO/c1-2-3-4-12-17-15(18)7-5-6-13-8-10-14(16)11-9-13/h8-11H,2-7,12H2,1H3,(H,17,18). The lowest BCUT2D eigenvalue weighted by molar-refractivity contribution is -0.121. The lowest BCUT2D eigenvalue weighted by Gasteiger charge is -2.05. The van der Waals surface area contributed by atoms with Crippen molar-refractivity contribution in [2.75, 3.05) is 6.54 Å². The number of hydrogen-bond donors (Lipinski definition) is 1.